The number of fused-ring (bicyclic) bond motifs is 1. The minimum Gasteiger partial charge on any atom is -0.297 e. The summed E-state index contributed by atoms with van der Waals surface area (Å²) < 4.78 is 1.69. The molecule has 1 amide bonds. The first kappa shape index (κ1) is 20.1. The lowest BCUT2D eigenvalue weighted by molar-refractivity contribution is -0.122. The van der Waals surface area contributed by atoms with E-state index in [0.29, 0.717) is 12.2 Å². The molecule has 3 aromatic rings. The van der Waals surface area contributed by atoms with Crippen molar-refractivity contribution in [2.45, 2.75) is 53.1 Å². The van der Waals surface area contributed by atoms with Crippen molar-refractivity contribution >= 4 is 17.4 Å². The third-order valence-electron chi connectivity index (χ3n) is 6.18. The van der Waals surface area contributed by atoms with Gasteiger partial charge in [-0.25, -0.2) is 0 Å². The molecule has 5 nitrogen and oxygen atoms in total. The summed E-state index contributed by atoms with van der Waals surface area (Å²) in [5, 5.41) is 4.69. The first-order valence-electron chi connectivity index (χ1n) is 10.3. The topological polar surface area (TPSA) is 55.2 Å². The minimum atomic E-state index is -1.00. The lowest BCUT2D eigenvalue weighted by Crippen LogP contribution is -2.61. The highest BCUT2D eigenvalue weighted by Crippen LogP contribution is 2.36. The summed E-state index contributed by atoms with van der Waals surface area (Å²) in [6, 6.07) is 16.0. The predicted octanol–water partition coefficient (Wildman–Crippen LogP) is 4.74. The van der Waals surface area contributed by atoms with Gasteiger partial charge in [0.25, 0.3) is 5.91 Å². The Labute approximate surface area is 177 Å². The molecule has 5 heteroatoms. The fourth-order valence-electron chi connectivity index (χ4n) is 4.07. The first-order valence-corrected chi connectivity index (χ1v) is 10.3. The molecule has 1 atom stereocenters. The number of hydrogen-bond acceptors (Lipinski definition) is 3. The Morgan fingerprint density at radius 1 is 1.10 bits per heavy atom. The number of ketones is 1. The standard InChI is InChI=1S/C25H27N3O2/c1-6-19-9-11-20(12-10-19)21-14-23-24(30)28(22-13-16(2)7-8-17(22)3)25(5,18(4)29)15-27(23)26-21/h7-14H,6,15H2,1-5H3. The van der Waals surface area contributed by atoms with Crippen molar-refractivity contribution in [3.63, 3.8) is 0 Å². The molecule has 1 aromatic heterocycles. The van der Waals surface area contributed by atoms with Gasteiger partial charge in [-0.15, -0.1) is 0 Å². The van der Waals surface area contributed by atoms with E-state index in [9.17, 15) is 9.59 Å². The van der Waals surface area contributed by atoms with Crippen LogP contribution in [0.1, 0.15) is 48.0 Å². The van der Waals surface area contributed by atoms with Crippen LogP contribution in [0.25, 0.3) is 11.3 Å². The van der Waals surface area contributed by atoms with Crippen molar-refractivity contribution in [2.24, 2.45) is 0 Å². The molecule has 0 fully saturated rings. The van der Waals surface area contributed by atoms with Crippen LogP contribution in [-0.4, -0.2) is 27.0 Å². The average Bonchev–Trinajstić information content (AvgIpc) is 3.14. The largest absolute Gasteiger partial charge is 0.297 e. The lowest BCUT2D eigenvalue weighted by Gasteiger charge is -2.43. The third-order valence-corrected chi connectivity index (χ3v) is 6.18. The van der Waals surface area contributed by atoms with Gasteiger partial charge in [0, 0.05) is 11.3 Å². The maximum Gasteiger partial charge on any atom is 0.277 e. The van der Waals surface area contributed by atoms with Gasteiger partial charge in [0.15, 0.2) is 5.78 Å². The second-order valence-corrected chi connectivity index (χ2v) is 8.38. The molecule has 154 valence electrons. The number of anilines is 1. The van der Waals surface area contributed by atoms with Crippen molar-refractivity contribution in [2.75, 3.05) is 4.90 Å². The zero-order chi connectivity index (χ0) is 21.6. The number of aryl methyl sites for hydroxylation is 3. The van der Waals surface area contributed by atoms with Crippen LogP contribution >= 0.6 is 0 Å². The molecular formula is C25H27N3O2. The van der Waals surface area contributed by atoms with Crippen LogP contribution in [0.2, 0.25) is 0 Å². The Hall–Kier alpha value is -3.21. The maximum atomic E-state index is 13.7. The van der Waals surface area contributed by atoms with E-state index in [1.807, 2.05) is 57.2 Å². The number of hydrogen-bond donors (Lipinski definition) is 0. The second kappa shape index (κ2) is 7.24. The molecule has 2 aromatic carbocycles. The Bertz CT molecular complexity index is 1140. The van der Waals surface area contributed by atoms with Crippen molar-refractivity contribution < 1.29 is 9.59 Å². The quantitative estimate of drug-likeness (QED) is 0.635. The van der Waals surface area contributed by atoms with Gasteiger partial charge >= 0.3 is 0 Å². The zero-order valence-electron chi connectivity index (χ0n) is 18.2. The molecule has 2 heterocycles. The van der Waals surface area contributed by atoms with Crippen molar-refractivity contribution in [1.29, 1.82) is 0 Å². The molecule has 0 aliphatic carbocycles. The molecule has 0 bridgehead atoms. The summed E-state index contributed by atoms with van der Waals surface area (Å²) in [6.45, 7) is 9.77. The van der Waals surface area contributed by atoms with Gasteiger partial charge in [0.2, 0.25) is 0 Å². The van der Waals surface area contributed by atoms with E-state index in [1.54, 1.807) is 16.5 Å². The lowest BCUT2D eigenvalue weighted by atomic mass is 9.90. The van der Waals surface area contributed by atoms with Gasteiger partial charge in [0.05, 0.1) is 12.2 Å². The normalized spacial score (nSPS) is 18.4. The van der Waals surface area contributed by atoms with Crippen LogP contribution in [0.15, 0.2) is 48.5 Å². The zero-order valence-corrected chi connectivity index (χ0v) is 18.2. The van der Waals surface area contributed by atoms with E-state index in [2.05, 4.69) is 24.2 Å². The van der Waals surface area contributed by atoms with Gasteiger partial charge in [0.1, 0.15) is 11.2 Å². The highest BCUT2D eigenvalue weighted by Gasteiger charge is 2.47. The van der Waals surface area contributed by atoms with E-state index in [0.717, 1.165) is 34.5 Å². The predicted molar refractivity (Wildman–Crippen MR) is 119 cm³/mol. The Morgan fingerprint density at radius 3 is 2.43 bits per heavy atom. The summed E-state index contributed by atoms with van der Waals surface area (Å²) in [6.07, 6.45) is 0.972. The van der Waals surface area contributed by atoms with Crippen LogP contribution in [-0.2, 0) is 17.8 Å². The highest BCUT2D eigenvalue weighted by atomic mass is 16.2. The second-order valence-electron chi connectivity index (χ2n) is 8.38. The number of benzene rings is 2. The SMILES string of the molecule is CCc1ccc(-c2cc3n(n2)CC(C)(C(C)=O)N(c2cc(C)ccc2C)C3=O)cc1. The smallest absolute Gasteiger partial charge is 0.277 e. The highest BCUT2D eigenvalue weighted by molar-refractivity contribution is 6.12. The molecule has 0 radical (unpaired) electrons. The summed E-state index contributed by atoms with van der Waals surface area (Å²) >= 11 is 0. The Morgan fingerprint density at radius 2 is 1.80 bits per heavy atom. The average molecular weight is 402 g/mol. The van der Waals surface area contributed by atoms with Crippen LogP contribution in [0.5, 0.6) is 0 Å². The number of Topliss-reactive ketones (excluding diaryl/α,β-unsaturated/α-hetero) is 1. The van der Waals surface area contributed by atoms with E-state index >= 15 is 0 Å². The van der Waals surface area contributed by atoms with Crippen LogP contribution < -0.4 is 4.90 Å². The van der Waals surface area contributed by atoms with Crippen molar-refractivity contribution in [1.82, 2.24) is 9.78 Å². The van der Waals surface area contributed by atoms with Crippen molar-refractivity contribution in [3.8, 4) is 11.3 Å². The fraction of sp³-hybridized carbons (Fsp3) is 0.320. The molecule has 0 N–H and O–H groups in total. The van der Waals surface area contributed by atoms with Crippen LogP contribution in [0.3, 0.4) is 0 Å². The van der Waals surface area contributed by atoms with E-state index in [4.69, 9.17) is 0 Å². The molecule has 0 saturated heterocycles. The molecular weight excluding hydrogens is 374 g/mol. The molecule has 30 heavy (non-hydrogen) atoms. The van der Waals surface area contributed by atoms with Crippen molar-refractivity contribution in [3.05, 3.63) is 70.9 Å². The van der Waals surface area contributed by atoms with Gasteiger partial charge in [-0.2, -0.15) is 5.10 Å². The van der Waals surface area contributed by atoms with E-state index in [1.165, 1.54) is 5.56 Å². The summed E-state index contributed by atoms with van der Waals surface area (Å²) in [7, 11) is 0. The number of amides is 1. The monoisotopic (exact) mass is 401 g/mol. The number of aromatic nitrogens is 2. The van der Waals surface area contributed by atoms with Crippen LogP contribution in [0, 0.1) is 13.8 Å². The molecule has 0 saturated carbocycles. The molecule has 1 unspecified atom stereocenters. The number of nitrogens with zero attached hydrogens (tertiary/aromatic N) is 3. The van der Waals surface area contributed by atoms with E-state index in [-0.39, 0.29) is 11.7 Å². The molecule has 4 rings (SSSR count). The number of carbonyl (C=O) groups is 2. The fourth-order valence-corrected chi connectivity index (χ4v) is 4.07. The first-order chi connectivity index (χ1) is 14.2. The van der Waals surface area contributed by atoms with Crippen LogP contribution in [0.4, 0.5) is 5.69 Å². The Balaban J connectivity index is 1.84. The molecule has 1 aliphatic heterocycles. The summed E-state index contributed by atoms with van der Waals surface area (Å²) in [5.41, 5.74) is 5.25. The molecule has 1 aliphatic rings. The Kier molecular flexibility index (Phi) is 4.85. The summed E-state index contributed by atoms with van der Waals surface area (Å²) in [4.78, 5) is 28.1. The van der Waals surface area contributed by atoms with E-state index < -0.39 is 5.54 Å². The third kappa shape index (κ3) is 3.15. The molecule has 0 spiro atoms. The van der Waals surface area contributed by atoms with Gasteiger partial charge in [-0.1, -0.05) is 43.3 Å². The van der Waals surface area contributed by atoms with Gasteiger partial charge in [-0.05, 0) is 62.9 Å². The summed E-state index contributed by atoms with van der Waals surface area (Å²) in [5.74, 6) is -0.261. The number of rotatable bonds is 4. The van der Waals surface area contributed by atoms with Gasteiger partial charge < -0.3 is 0 Å². The number of carbonyl (C=O) groups excluding carboxylic acids is 2. The minimum absolute atomic E-state index is 0.0632. The van der Waals surface area contributed by atoms with Gasteiger partial charge in [-0.3, -0.25) is 19.2 Å². The maximum absolute atomic E-state index is 13.7.